The van der Waals surface area contributed by atoms with Crippen LogP contribution in [-0.2, 0) is 16.0 Å². The Bertz CT molecular complexity index is 539. The molecule has 19 heavy (non-hydrogen) atoms. The molecule has 0 saturated carbocycles. The fourth-order valence-electron chi connectivity index (χ4n) is 1.44. The average Bonchev–Trinajstić information content (AvgIpc) is 2.28. The Kier molecular flexibility index (Phi) is 3.90. The largest absolute Gasteiger partial charge is 0.504 e. The zero-order valence-corrected chi connectivity index (χ0v) is 9.31. The van der Waals surface area contributed by atoms with Crippen molar-refractivity contribution in [2.75, 3.05) is 0 Å². The Morgan fingerprint density at radius 2 is 1.63 bits per heavy atom. The highest BCUT2D eigenvalue weighted by Crippen LogP contribution is 2.34. The van der Waals surface area contributed by atoms with E-state index in [4.69, 9.17) is 15.3 Å². The molecule has 102 valence electrons. The van der Waals surface area contributed by atoms with Crippen LogP contribution in [0.1, 0.15) is 5.56 Å². The standard InChI is InChI=1S/C10H9NO8/c12-7-2-4(1-5(9(14)15)10(16)17)6(11(18)19)3-8(7)13/h2-3,5,12-13H,1H2,(H,14,15)(H,16,17). The van der Waals surface area contributed by atoms with E-state index in [1.165, 1.54) is 0 Å². The minimum atomic E-state index is -1.89. The molecule has 9 heteroatoms. The third-order valence-corrected chi connectivity index (χ3v) is 2.39. The summed E-state index contributed by atoms with van der Waals surface area (Å²) in [6, 6.07) is 1.40. The highest BCUT2D eigenvalue weighted by Gasteiger charge is 2.30. The number of hydrogen-bond acceptors (Lipinski definition) is 6. The molecule has 0 aliphatic heterocycles. The molecule has 0 saturated heterocycles. The Labute approximate surface area is 105 Å². The first kappa shape index (κ1) is 14.2. The van der Waals surface area contributed by atoms with E-state index in [1.54, 1.807) is 0 Å². The van der Waals surface area contributed by atoms with Gasteiger partial charge < -0.3 is 20.4 Å². The molecule has 9 nitrogen and oxygen atoms in total. The van der Waals surface area contributed by atoms with Crippen LogP contribution in [0.15, 0.2) is 12.1 Å². The monoisotopic (exact) mass is 271 g/mol. The van der Waals surface area contributed by atoms with Crippen LogP contribution >= 0.6 is 0 Å². The van der Waals surface area contributed by atoms with E-state index in [0.29, 0.717) is 6.07 Å². The van der Waals surface area contributed by atoms with E-state index in [0.717, 1.165) is 6.07 Å². The molecule has 0 aliphatic rings. The number of carbonyl (C=O) groups is 2. The molecule has 0 heterocycles. The molecule has 1 rings (SSSR count). The van der Waals surface area contributed by atoms with Gasteiger partial charge in [-0.3, -0.25) is 19.7 Å². The number of benzene rings is 1. The maximum atomic E-state index is 10.7. The minimum Gasteiger partial charge on any atom is -0.504 e. The maximum Gasteiger partial charge on any atom is 0.318 e. The Morgan fingerprint density at radius 3 is 2.05 bits per heavy atom. The van der Waals surface area contributed by atoms with Crippen molar-refractivity contribution in [1.29, 1.82) is 0 Å². The third-order valence-electron chi connectivity index (χ3n) is 2.39. The van der Waals surface area contributed by atoms with Crippen molar-refractivity contribution in [1.82, 2.24) is 0 Å². The molecular weight excluding hydrogens is 262 g/mol. The number of rotatable bonds is 5. The topological polar surface area (TPSA) is 158 Å². The number of phenolic OH excluding ortho intramolecular Hbond substituents is 2. The number of carboxylic acid groups (broad SMARTS) is 2. The van der Waals surface area contributed by atoms with Gasteiger partial charge in [0.1, 0.15) is 0 Å². The summed E-state index contributed by atoms with van der Waals surface area (Å²) in [4.78, 5) is 31.2. The Balaban J connectivity index is 3.26. The number of carboxylic acids is 2. The number of nitro benzene ring substituents is 1. The first-order valence-corrected chi connectivity index (χ1v) is 4.89. The molecule has 1 aromatic carbocycles. The molecular formula is C10H9NO8. The lowest BCUT2D eigenvalue weighted by atomic mass is 9.98. The fraction of sp³-hybridized carbons (Fsp3) is 0.200. The minimum absolute atomic E-state index is 0.296. The molecule has 0 aromatic heterocycles. The van der Waals surface area contributed by atoms with Gasteiger partial charge in [0.15, 0.2) is 17.4 Å². The third kappa shape index (κ3) is 3.09. The first-order valence-electron chi connectivity index (χ1n) is 4.89. The van der Waals surface area contributed by atoms with Gasteiger partial charge in [-0.1, -0.05) is 0 Å². The summed E-state index contributed by atoms with van der Waals surface area (Å²) < 4.78 is 0. The van der Waals surface area contributed by atoms with Crippen molar-refractivity contribution < 1.29 is 34.9 Å². The Hall–Kier alpha value is -2.84. The summed E-state index contributed by atoms with van der Waals surface area (Å²) in [5.41, 5.74) is -0.960. The van der Waals surface area contributed by atoms with Gasteiger partial charge in [-0.15, -0.1) is 0 Å². The number of nitro groups is 1. The number of aliphatic carboxylic acids is 2. The Morgan fingerprint density at radius 1 is 1.16 bits per heavy atom. The van der Waals surface area contributed by atoms with Gasteiger partial charge >= 0.3 is 11.9 Å². The number of hydrogen-bond donors (Lipinski definition) is 4. The molecule has 0 radical (unpaired) electrons. The van der Waals surface area contributed by atoms with Crippen LogP contribution in [0.4, 0.5) is 5.69 Å². The van der Waals surface area contributed by atoms with Crippen LogP contribution in [0.2, 0.25) is 0 Å². The molecule has 0 unspecified atom stereocenters. The van der Waals surface area contributed by atoms with Crippen LogP contribution in [-0.4, -0.2) is 37.3 Å². The van der Waals surface area contributed by atoms with E-state index < -0.39 is 46.4 Å². The van der Waals surface area contributed by atoms with Gasteiger partial charge in [0, 0.05) is 12.0 Å². The van der Waals surface area contributed by atoms with Crippen LogP contribution in [0.5, 0.6) is 11.5 Å². The SMILES string of the molecule is O=C(O)C(Cc1cc(O)c(O)cc1[N+](=O)[O-])C(=O)O. The van der Waals surface area contributed by atoms with Crippen molar-refractivity contribution in [3.8, 4) is 11.5 Å². The summed E-state index contributed by atoms with van der Waals surface area (Å²) in [6.07, 6.45) is -0.686. The molecule has 0 spiro atoms. The highest BCUT2D eigenvalue weighted by atomic mass is 16.6. The van der Waals surface area contributed by atoms with Crippen LogP contribution in [0, 0.1) is 16.0 Å². The maximum absolute atomic E-state index is 10.7. The van der Waals surface area contributed by atoms with Gasteiger partial charge in [-0.05, 0) is 6.07 Å². The molecule has 0 bridgehead atoms. The van der Waals surface area contributed by atoms with E-state index in [2.05, 4.69) is 0 Å². The second-order valence-electron chi connectivity index (χ2n) is 3.66. The van der Waals surface area contributed by atoms with Crippen LogP contribution in [0.3, 0.4) is 0 Å². The van der Waals surface area contributed by atoms with Gasteiger partial charge in [0.05, 0.1) is 11.0 Å². The van der Waals surface area contributed by atoms with Gasteiger partial charge in [0.2, 0.25) is 0 Å². The molecule has 4 N–H and O–H groups in total. The highest BCUT2D eigenvalue weighted by molar-refractivity contribution is 5.93. The van der Waals surface area contributed by atoms with Crippen molar-refractivity contribution in [3.05, 3.63) is 27.8 Å². The smallest absolute Gasteiger partial charge is 0.318 e. The van der Waals surface area contributed by atoms with Crippen molar-refractivity contribution >= 4 is 17.6 Å². The summed E-state index contributed by atoms with van der Waals surface area (Å²) in [5.74, 6) is -6.65. The summed E-state index contributed by atoms with van der Waals surface area (Å²) in [5, 5.41) is 46.5. The molecule has 1 aromatic rings. The van der Waals surface area contributed by atoms with E-state index in [-0.39, 0.29) is 5.56 Å². The molecule has 0 atom stereocenters. The van der Waals surface area contributed by atoms with Crippen molar-refractivity contribution in [2.45, 2.75) is 6.42 Å². The normalized spacial score (nSPS) is 10.4. The van der Waals surface area contributed by atoms with Crippen LogP contribution < -0.4 is 0 Å². The lowest BCUT2D eigenvalue weighted by Gasteiger charge is -2.09. The van der Waals surface area contributed by atoms with Gasteiger partial charge in [-0.25, -0.2) is 0 Å². The summed E-state index contributed by atoms with van der Waals surface area (Å²) >= 11 is 0. The second kappa shape index (κ2) is 5.21. The summed E-state index contributed by atoms with van der Waals surface area (Å²) in [7, 11) is 0. The number of nitrogens with zero attached hydrogens (tertiary/aromatic N) is 1. The van der Waals surface area contributed by atoms with Crippen molar-refractivity contribution in [2.24, 2.45) is 5.92 Å². The van der Waals surface area contributed by atoms with Crippen molar-refractivity contribution in [3.63, 3.8) is 0 Å². The fourth-order valence-corrected chi connectivity index (χ4v) is 1.44. The zero-order valence-electron chi connectivity index (χ0n) is 9.31. The number of aromatic hydroxyl groups is 2. The molecule has 0 amide bonds. The summed E-state index contributed by atoms with van der Waals surface area (Å²) in [6.45, 7) is 0. The predicted molar refractivity (Wildman–Crippen MR) is 58.9 cm³/mol. The van der Waals surface area contributed by atoms with E-state index >= 15 is 0 Å². The average molecular weight is 271 g/mol. The van der Waals surface area contributed by atoms with E-state index in [9.17, 15) is 24.8 Å². The van der Waals surface area contributed by atoms with Crippen LogP contribution in [0.25, 0.3) is 0 Å². The quantitative estimate of drug-likeness (QED) is 0.258. The second-order valence-corrected chi connectivity index (χ2v) is 3.66. The predicted octanol–water partition coefficient (Wildman–Crippen LogP) is 0.334. The van der Waals surface area contributed by atoms with E-state index in [1.807, 2.05) is 0 Å². The zero-order chi connectivity index (χ0) is 14.7. The lowest BCUT2D eigenvalue weighted by molar-refractivity contribution is -0.385. The van der Waals surface area contributed by atoms with Gasteiger partial charge in [0.25, 0.3) is 5.69 Å². The molecule has 0 aliphatic carbocycles. The number of phenols is 2. The molecule has 0 fully saturated rings. The first-order chi connectivity index (χ1) is 8.73. The van der Waals surface area contributed by atoms with Gasteiger partial charge in [-0.2, -0.15) is 0 Å². The lowest BCUT2D eigenvalue weighted by Crippen LogP contribution is -2.25.